The van der Waals surface area contributed by atoms with Gasteiger partial charge in [-0.3, -0.25) is 9.69 Å². The third kappa shape index (κ3) is 4.80. The zero-order valence-electron chi connectivity index (χ0n) is 16.7. The molecule has 11 heteroatoms. The predicted octanol–water partition coefficient (Wildman–Crippen LogP) is 0.00990. The van der Waals surface area contributed by atoms with Crippen LogP contribution in [0.2, 0.25) is 0 Å². The molecular formula is C18H27N3O7S. The van der Waals surface area contributed by atoms with Crippen molar-refractivity contribution in [1.29, 1.82) is 0 Å². The minimum atomic E-state index is -3.86. The maximum Gasteiger partial charge on any atom is 0.374 e. The molecule has 2 saturated heterocycles. The predicted molar refractivity (Wildman–Crippen MR) is 102 cm³/mol. The van der Waals surface area contributed by atoms with Gasteiger partial charge in [-0.2, -0.15) is 4.31 Å². The Hall–Kier alpha value is -1.95. The highest BCUT2D eigenvalue weighted by Crippen LogP contribution is 2.21. The Kier molecular flexibility index (Phi) is 6.93. The fourth-order valence-corrected chi connectivity index (χ4v) is 4.77. The lowest BCUT2D eigenvalue weighted by Gasteiger charge is -2.38. The number of amides is 1. The van der Waals surface area contributed by atoms with Crippen molar-refractivity contribution < 1.29 is 31.9 Å². The van der Waals surface area contributed by atoms with E-state index in [1.165, 1.54) is 16.4 Å². The Morgan fingerprint density at radius 1 is 1.10 bits per heavy atom. The minimum absolute atomic E-state index is 0.0368. The standard InChI is InChI=1S/C18H27N3O7S/c1-3-27-18(23)15-4-5-16(28-15)29(24,25)21-8-6-19(7-9-21)14(2)17(22)20-10-12-26-13-11-20/h4-5,14H,3,6-13H2,1-2H3. The van der Waals surface area contributed by atoms with Gasteiger partial charge in [-0.1, -0.05) is 0 Å². The van der Waals surface area contributed by atoms with Crippen molar-refractivity contribution in [3.05, 3.63) is 17.9 Å². The summed E-state index contributed by atoms with van der Waals surface area (Å²) in [7, 11) is -3.86. The first kappa shape index (κ1) is 21.8. The zero-order chi connectivity index (χ0) is 21.0. The Morgan fingerprint density at radius 2 is 1.76 bits per heavy atom. The molecule has 2 fully saturated rings. The van der Waals surface area contributed by atoms with Gasteiger partial charge < -0.3 is 18.8 Å². The second-order valence-electron chi connectivity index (χ2n) is 6.89. The Morgan fingerprint density at radius 3 is 2.38 bits per heavy atom. The van der Waals surface area contributed by atoms with Crippen LogP contribution >= 0.6 is 0 Å². The second-order valence-corrected chi connectivity index (χ2v) is 8.76. The van der Waals surface area contributed by atoms with Crippen LogP contribution in [-0.4, -0.2) is 99.5 Å². The molecule has 0 aromatic carbocycles. The summed E-state index contributed by atoms with van der Waals surface area (Å²) in [5.74, 6) is -0.808. The molecule has 1 aromatic rings. The van der Waals surface area contributed by atoms with Crippen molar-refractivity contribution in [3.63, 3.8) is 0 Å². The summed E-state index contributed by atoms with van der Waals surface area (Å²) in [6, 6.07) is 2.24. The van der Waals surface area contributed by atoms with Gasteiger partial charge in [0.25, 0.3) is 10.0 Å². The molecule has 0 radical (unpaired) electrons. The van der Waals surface area contributed by atoms with E-state index in [1.54, 1.807) is 11.8 Å². The lowest BCUT2D eigenvalue weighted by molar-refractivity contribution is -0.141. The van der Waals surface area contributed by atoms with Crippen LogP contribution in [-0.2, 0) is 24.3 Å². The molecule has 1 amide bonds. The van der Waals surface area contributed by atoms with Crippen LogP contribution in [0.4, 0.5) is 0 Å². The summed E-state index contributed by atoms with van der Waals surface area (Å²) >= 11 is 0. The van der Waals surface area contributed by atoms with Crippen molar-refractivity contribution in [2.24, 2.45) is 0 Å². The molecule has 2 aliphatic heterocycles. The molecule has 0 aliphatic carbocycles. The molecule has 10 nitrogen and oxygen atoms in total. The lowest BCUT2D eigenvalue weighted by atomic mass is 10.2. The third-order valence-corrected chi connectivity index (χ3v) is 6.93. The molecule has 1 aromatic heterocycles. The van der Waals surface area contributed by atoms with Gasteiger partial charge in [0, 0.05) is 39.3 Å². The smallest absolute Gasteiger partial charge is 0.374 e. The third-order valence-electron chi connectivity index (χ3n) is 5.15. The van der Waals surface area contributed by atoms with E-state index in [9.17, 15) is 18.0 Å². The van der Waals surface area contributed by atoms with Gasteiger partial charge in [0.05, 0.1) is 25.9 Å². The summed E-state index contributed by atoms with van der Waals surface area (Å²) in [5, 5.41) is -0.286. The summed E-state index contributed by atoms with van der Waals surface area (Å²) in [5.41, 5.74) is 0. The number of nitrogens with zero attached hydrogens (tertiary/aromatic N) is 3. The van der Waals surface area contributed by atoms with Gasteiger partial charge in [0.1, 0.15) is 0 Å². The van der Waals surface area contributed by atoms with E-state index >= 15 is 0 Å². The molecule has 3 heterocycles. The van der Waals surface area contributed by atoms with Gasteiger partial charge >= 0.3 is 5.97 Å². The quantitative estimate of drug-likeness (QED) is 0.582. The maximum atomic E-state index is 12.8. The average Bonchev–Trinajstić information content (AvgIpc) is 3.25. The fraction of sp³-hybridized carbons (Fsp3) is 0.667. The van der Waals surface area contributed by atoms with E-state index in [2.05, 4.69) is 0 Å². The molecule has 0 bridgehead atoms. The Balaban J connectivity index is 1.59. The number of ether oxygens (including phenoxy) is 2. The van der Waals surface area contributed by atoms with Crippen molar-refractivity contribution in [1.82, 2.24) is 14.1 Å². The van der Waals surface area contributed by atoms with Crippen LogP contribution in [0.5, 0.6) is 0 Å². The number of morpholine rings is 1. The van der Waals surface area contributed by atoms with Crippen LogP contribution in [0.15, 0.2) is 21.6 Å². The highest BCUT2D eigenvalue weighted by atomic mass is 32.2. The topological polar surface area (TPSA) is 110 Å². The molecule has 162 valence electrons. The number of piperazine rings is 1. The number of carbonyl (C=O) groups is 2. The van der Waals surface area contributed by atoms with Crippen LogP contribution in [0.25, 0.3) is 0 Å². The molecule has 29 heavy (non-hydrogen) atoms. The normalized spacial score (nSPS) is 20.4. The monoisotopic (exact) mass is 429 g/mol. The van der Waals surface area contributed by atoms with Gasteiger partial charge in [0.2, 0.25) is 16.8 Å². The van der Waals surface area contributed by atoms with Crippen LogP contribution in [0.1, 0.15) is 24.4 Å². The first-order valence-electron chi connectivity index (χ1n) is 9.72. The van der Waals surface area contributed by atoms with E-state index in [0.717, 1.165) is 0 Å². The number of furan rings is 1. The van der Waals surface area contributed by atoms with Gasteiger partial charge in [-0.25, -0.2) is 13.2 Å². The molecule has 1 atom stereocenters. The van der Waals surface area contributed by atoms with E-state index in [1.807, 2.05) is 11.8 Å². The highest BCUT2D eigenvalue weighted by Gasteiger charge is 2.35. The highest BCUT2D eigenvalue weighted by molar-refractivity contribution is 7.89. The van der Waals surface area contributed by atoms with Gasteiger partial charge in [-0.15, -0.1) is 0 Å². The molecular weight excluding hydrogens is 402 g/mol. The van der Waals surface area contributed by atoms with Crippen molar-refractivity contribution in [2.75, 3.05) is 59.1 Å². The first-order chi connectivity index (χ1) is 13.8. The molecule has 0 saturated carbocycles. The summed E-state index contributed by atoms with van der Waals surface area (Å²) in [6.45, 7) is 7.26. The fourth-order valence-electron chi connectivity index (χ4n) is 3.43. The van der Waals surface area contributed by atoms with Crippen LogP contribution in [0, 0.1) is 0 Å². The number of hydrogen-bond donors (Lipinski definition) is 0. The largest absolute Gasteiger partial charge is 0.460 e. The van der Waals surface area contributed by atoms with Crippen molar-refractivity contribution in [2.45, 2.75) is 25.0 Å². The van der Waals surface area contributed by atoms with Gasteiger partial charge in [0.15, 0.2) is 0 Å². The van der Waals surface area contributed by atoms with E-state index in [0.29, 0.717) is 39.4 Å². The molecule has 2 aliphatic rings. The van der Waals surface area contributed by atoms with E-state index < -0.39 is 16.0 Å². The Labute approximate surface area is 170 Å². The number of esters is 1. The van der Waals surface area contributed by atoms with Crippen molar-refractivity contribution >= 4 is 21.9 Å². The van der Waals surface area contributed by atoms with E-state index in [4.69, 9.17) is 13.9 Å². The van der Waals surface area contributed by atoms with Crippen LogP contribution in [0.3, 0.4) is 0 Å². The Bertz CT molecular complexity index is 824. The van der Waals surface area contributed by atoms with Gasteiger partial charge in [-0.05, 0) is 26.0 Å². The average molecular weight is 429 g/mol. The lowest BCUT2D eigenvalue weighted by Crippen LogP contribution is -2.56. The molecule has 3 rings (SSSR count). The second kappa shape index (κ2) is 9.24. The van der Waals surface area contributed by atoms with Crippen LogP contribution < -0.4 is 0 Å². The SMILES string of the molecule is CCOC(=O)c1ccc(S(=O)(=O)N2CCN(C(C)C(=O)N3CCOCC3)CC2)o1. The first-order valence-corrected chi connectivity index (χ1v) is 11.2. The van der Waals surface area contributed by atoms with Crippen molar-refractivity contribution in [3.8, 4) is 0 Å². The number of hydrogen-bond acceptors (Lipinski definition) is 8. The van der Waals surface area contributed by atoms with E-state index in [-0.39, 0.29) is 42.5 Å². The minimum Gasteiger partial charge on any atom is -0.460 e. The zero-order valence-corrected chi connectivity index (χ0v) is 17.5. The molecule has 0 N–H and O–H groups in total. The molecule has 1 unspecified atom stereocenters. The maximum absolute atomic E-state index is 12.8. The molecule has 0 spiro atoms. The summed E-state index contributed by atoms with van der Waals surface area (Å²) < 4.78 is 42.2. The summed E-state index contributed by atoms with van der Waals surface area (Å²) in [4.78, 5) is 28.1. The summed E-state index contributed by atoms with van der Waals surface area (Å²) in [6.07, 6.45) is 0. The number of carbonyl (C=O) groups excluding carboxylic acids is 2. The number of sulfonamides is 1. The number of rotatable bonds is 6.